The van der Waals surface area contributed by atoms with Crippen LogP contribution in [0.4, 0.5) is 13.2 Å². The van der Waals surface area contributed by atoms with E-state index in [1.165, 1.54) is 0 Å². The molecule has 0 saturated carbocycles. The van der Waals surface area contributed by atoms with Crippen molar-refractivity contribution < 1.29 is 22.7 Å². The van der Waals surface area contributed by atoms with E-state index in [-0.39, 0.29) is 0 Å². The van der Waals surface area contributed by atoms with Crippen molar-refractivity contribution >= 4 is 0 Å². The van der Waals surface area contributed by atoms with E-state index in [0.29, 0.717) is 13.0 Å². The molecule has 1 aromatic carbocycles. The van der Waals surface area contributed by atoms with Crippen LogP contribution in [0.15, 0.2) is 24.3 Å². The quantitative estimate of drug-likeness (QED) is 0.620. The minimum atomic E-state index is -4.30. The van der Waals surface area contributed by atoms with Crippen molar-refractivity contribution in [3.05, 3.63) is 29.8 Å². The Bertz CT molecular complexity index is 324. The van der Waals surface area contributed by atoms with Crippen LogP contribution in [0.3, 0.4) is 0 Å². The van der Waals surface area contributed by atoms with E-state index in [1.807, 2.05) is 12.1 Å². The molecule has 1 aromatic rings. The zero-order valence-electron chi connectivity index (χ0n) is 9.38. The molecule has 1 rings (SSSR count). The summed E-state index contributed by atoms with van der Waals surface area (Å²) in [5, 5.41) is 0. The van der Waals surface area contributed by atoms with Crippen molar-refractivity contribution in [2.75, 3.05) is 20.3 Å². The van der Waals surface area contributed by atoms with Gasteiger partial charge in [0.2, 0.25) is 0 Å². The predicted molar refractivity (Wildman–Crippen MR) is 56.7 cm³/mol. The van der Waals surface area contributed by atoms with Crippen LogP contribution in [0.2, 0.25) is 0 Å². The summed E-state index contributed by atoms with van der Waals surface area (Å²) >= 11 is 0. The van der Waals surface area contributed by atoms with Crippen LogP contribution in [0, 0.1) is 0 Å². The number of alkyl halides is 3. The molecule has 0 saturated heterocycles. The molecule has 0 aliphatic heterocycles. The van der Waals surface area contributed by atoms with Crippen molar-refractivity contribution in [2.45, 2.75) is 12.6 Å². The fraction of sp³-hybridized carbons (Fsp3) is 0.455. The van der Waals surface area contributed by atoms with E-state index < -0.39 is 12.8 Å². The largest absolute Gasteiger partial charge is 0.497 e. The van der Waals surface area contributed by atoms with Crippen molar-refractivity contribution in [3.63, 3.8) is 0 Å². The first-order valence-electron chi connectivity index (χ1n) is 5.05. The second kappa shape index (κ2) is 6.46. The smallest absolute Gasteiger partial charge is 0.413 e. The van der Waals surface area contributed by atoms with E-state index in [0.717, 1.165) is 11.3 Å². The lowest BCUT2D eigenvalue weighted by atomic mass is 10.1. The first-order valence-corrected chi connectivity index (χ1v) is 5.05. The summed E-state index contributed by atoms with van der Waals surface area (Å²) in [5.74, 6) is 0.745. The van der Waals surface area contributed by atoms with Crippen LogP contribution in [0.1, 0.15) is 5.56 Å². The number of benzene rings is 1. The molecule has 0 radical (unpaired) electrons. The number of hydrogen-bond acceptors (Lipinski definition) is 3. The fourth-order valence-corrected chi connectivity index (χ4v) is 1.19. The molecule has 0 atom stereocenters. The third kappa shape index (κ3) is 6.13. The maximum Gasteiger partial charge on any atom is 0.413 e. The number of methoxy groups -OCH3 is 1. The molecule has 1 N–H and O–H groups in total. The minimum Gasteiger partial charge on any atom is -0.497 e. The van der Waals surface area contributed by atoms with Gasteiger partial charge in [0.1, 0.15) is 5.75 Å². The first kappa shape index (κ1) is 13.8. The minimum absolute atomic E-state index is 0.322. The molecule has 0 amide bonds. The zero-order chi connectivity index (χ0) is 12.7. The molecule has 0 heterocycles. The topological polar surface area (TPSA) is 30.5 Å². The molecule has 3 nitrogen and oxygen atoms in total. The van der Waals surface area contributed by atoms with Crippen LogP contribution < -0.4 is 10.2 Å². The molecule has 0 aromatic heterocycles. The molecule has 0 unspecified atom stereocenters. The van der Waals surface area contributed by atoms with Gasteiger partial charge in [-0.3, -0.25) is 4.84 Å². The Morgan fingerprint density at radius 2 is 1.82 bits per heavy atom. The number of ether oxygens (including phenoxy) is 1. The van der Waals surface area contributed by atoms with Gasteiger partial charge in [-0.15, -0.1) is 0 Å². The Labute approximate surface area is 97.5 Å². The zero-order valence-corrected chi connectivity index (χ0v) is 9.38. The fourth-order valence-electron chi connectivity index (χ4n) is 1.19. The number of halogens is 3. The van der Waals surface area contributed by atoms with Crippen LogP contribution in [-0.4, -0.2) is 26.4 Å². The number of nitrogens with one attached hydrogen (secondary N) is 1. The lowest BCUT2D eigenvalue weighted by Crippen LogP contribution is -2.26. The summed E-state index contributed by atoms with van der Waals surface area (Å²) in [6.07, 6.45) is -3.71. The molecule has 0 bridgehead atoms. The van der Waals surface area contributed by atoms with E-state index >= 15 is 0 Å². The normalized spacial score (nSPS) is 11.5. The first-order chi connectivity index (χ1) is 8.01. The van der Waals surface area contributed by atoms with E-state index in [2.05, 4.69) is 10.3 Å². The Balaban J connectivity index is 2.18. The average molecular weight is 249 g/mol. The summed E-state index contributed by atoms with van der Waals surface area (Å²) in [6, 6.07) is 7.30. The highest BCUT2D eigenvalue weighted by molar-refractivity contribution is 5.27. The van der Waals surface area contributed by atoms with Crippen LogP contribution >= 0.6 is 0 Å². The molecule has 17 heavy (non-hydrogen) atoms. The number of rotatable bonds is 6. The van der Waals surface area contributed by atoms with Crippen molar-refractivity contribution in [1.82, 2.24) is 5.48 Å². The standard InChI is InChI=1S/C11H14F3NO2/c1-16-10-4-2-9(3-5-10)6-7-15-17-8-11(12,13)14/h2-5,15H,6-8H2,1H3. The van der Waals surface area contributed by atoms with Crippen LogP contribution in [0.25, 0.3) is 0 Å². The van der Waals surface area contributed by atoms with Gasteiger partial charge in [-0.1, -0.05) is 12.1 Å². The number of hydrogen-bond donors (Lipinski definition) is 1. The molecule has 0 spiro atoms. The Hall–Kier alpha value is -1.27. The third-order valence-corrected chi connectivity index (χ3v) is 2.01. The Morgan fingerprint density at radius 1 is 1.18 bits per heavy atom. The van der Waals surface area contributed by atoms with Gasteiger partial charge >= 0.3 is 6.18 Å². The molecule has 0 aliphatic carbocycles. The van der Waals surface area contributed by atoms with Gasteiger partial charge < -0.3 is 4.74 Å². The molecule has 0 fully saturated rings. The van der Waals surface area contributed by atoms with Gasteiger partial charge in [0.25, 0.3) is 0 Å². The Morgan fingerprint density at radius 3 is 2.35 bits per heavy atom. The van der Waals surface area contributed by atoms with Gasteiger partial charge in [-0.25, -0.2) is 5.48 Å². The van der Waals surface area contributed by atoms with Crippen LogP contribution in [-0.2, 0) is 11.3 Å². The third-order valence-electron chi connectivity index (χ3n) is 2.01. The predicted octanol–water partition coefficient (Wildman–Crippen LogP) is 2.32. The van der Waals surface area contributed by atoms with Crippen LogP contribution in [0.5, 0.6) is 5.75 Å². The van der Waals surface area contributed by atoms with E-state index in [9.17, 15) is 13.2 Å². The van der Waals surface area contributed by atoms with Gasteiger partial charge in [-0.05, 0) is 24.1 Å². The maximum atomic E-state index is 11.7. The van der Waals surface area contributed by atoms with Gasteiger partial charge in [0.05, 0.1) is 7.11 Å². The highest BCUT2D eigenvalue weighted by Gasteiger charge is 2.27. The highest BCUT2D eigenvalue weighted by atomic mass is 19.4. The maximum absolute atomic E-state index is 11.7. The van der Waals surface area contributed by atoms with E-state index in [1.54, 1.807) is 19.2 Å². The summed E-state index contributed by atoms with van der Waals surface area (Å²) in [6.45, 7) is -0.960. The Kier molecular flexibility index (Phi) is 5.24. The summed E-state index contributed by atoms with van der Waals surface area (Å²) in [5.41, 5.74) is 3.26. The van der Waals surface area contributed by atoms with Crippen molar-refractivity contribution in [1.29, 1.82) is 0 Å². The number of hydroxylamine groups is 1. The molecule has 0 aliphatic rings. The van der Waals surface area contributed by atoms with Gasteiger partial charge in [0.15, 0.2) is 6.61 Å². The second-order valence-electron chi connectivity index (χ2n) is 3.40. The lowest BCUT2D eigenvalue weighted by Gasteiger charge is -2.08. The summed E-state index contributed by atoms with van der Waals surface area (Å²) < 4.78 is 40.1. The monoisotopic (exact) mass is 249 g/mol. The van der Waals surface area contributed by atoms with Crippen molar-refractivity contribution in [2.24, 2.45) is 0 Å². The van der Waals surface area contributed by atoms with Gasteiger partial charge in [0, 0.05) is 6.54 Å². The van der Waals surface area contributed by atoms with Crippen molar-refractivity contribution in [3.8, 4) is 5.75 Å². The second-order valence-corrected chi connectivity index (χ2v) is 3.40. The summed E-state index contributed by atoms with van der Waals surface area (Å²) in [7, 11) is 1.57. The van der Waals surface area contributed by atoms with Gasteiger partial charge in [-0.2, -0.15) is 13.2 Å². The van der Waals surface area contributed by atoms with E-state index in [4.69, 9.17) is 4.74 Å². The highest BCUT2D eigenvalue weighted by Crippen LogP contribution is 2.14. The molecule has 96 valence electrons. The SMILES string of the molecule is COc1ccc(CCNOCC(F)(F)F)cc1. The molecular formula is C11H14F3NO2. The lowest BCUT2D eigenvalue weighted by molar-refractivity contribution is -0.189. The molecular weight excluding hydrogens is 235 g/mol. The summed E-state index contributed by atoms with van der Waals surface area (Å²) in [4.78, 5) is 4.27. The average Bonchev–Trinajstić information content (AvgIpc) is 2.28. The molecule has 6 heteroatoms.